The van der Waals surface area contributed by atoms with Gasteiger partial charge in [0.25, 0.3) is 0 Å². The summed E-state index contributed by atoms with van der Waals surface area (Å²) in [5.41, 5.74) is 1.89. The standard InChI is InChI=1S/C15H13ClO2S/c1-10(9-15(17)18-2)13-7-8-14(19-13)11-5-3-4-6-12(11)16/h3-9H,1-2H3/b10-9+. The highest BCUT2D eigenvalue weighted by Gasteiger charge is 2.08. The van der Waals surface area contributed by atoms with Crippen LogP contribution < -0.4 is 0 Å². The van der Waals surface area contributed by atoms with Gasteiger partial charge < -0.3 is 4.74 Å². The Bertz CT molecular complexity index is 629. The van der Waals surface area contributed by atoms with Gasteiger partial charge in [0.1, 0.15) is 0 Å². The van der Waals surface area contributed by atoms with E-state index in [0.29, 0.717) is 0 Å². The lowest BCUT2D eigenvalue weighted by atomic mass is 10.2. The first-order valence-corrected chi connectivity index (χ1v) is 6.92. The van der Waals surface area contributed by atoms with Gasteiger partial charge in [-0.1, -0.05) is 29.8 Å². The lowest BCUT2D eigenvalue weighted by Gasteiger charge is -2.00. The molecular formula is C15H13ClO2S. The molecule has 0 N–H and O–H groups in total. The van der Waals surface area contributed by atoms with Crippen LogP contribution in [0.15, 0.2) is 42.5 Å². The fourth-order valence-electron chi connectivity index (χ4n) is 1.66. The Kier molecular flexibility index (Phi) is 4.40. The Morgan fingerprint density at radius 2 is 2.00 bits per heavy atom. The average molecular weight is 293 g/mol. The van der Waals surface area contributed by atoms with E-state index in [2.05, 4.69) is 4.74 Å². The van der Waals surface area contributed by atoms with Crippen molar-refractivity contribution in [2.45, 2.75) is 6.92 Å². The lowest BCUT2D eigenvalue weighted by Crippen LogP contribution is -1.94. The number of hydrogen-bond acceptors (Lipinski definition) is 3. The Morgan fingerprint density at radius 1 is 1.26 bits per heavy atom. The molecule has 0 radical (unpaired) electrons. The van der Waals surface area contributed by atoms with E-state index in [1.807, 2.05) is 43.3 Å². The smallest absolute Gasteiger partial charge is 0.330 e. The minimum absolute atomic E-state index is 0.342. The van der Waals surface area contributed by atoms with Crippen molar-refractivity contribution in [2.75, 3.05) is 7.11 Å². The maximum atomic E-state index is 11.2. The molecule has 19 heavy (non-hydrogen) atoms. The number of benzene rings is 1. The molecule has 0 amide bonds. The molecule has 2 rings (SSSR count). The number of thiophene rings is 1. The van der Waals surface area contributed by atoms with Crippen molar-refractivity contribution < 1.29 is 9.53 Å². The van der Waals surface area contributed by atoms with E-state index in [9.17, 15) is 4.79 Å². The molecule has 0 saturated heterocycles. The minimum Gasteiger partial charge on any atom is -0.466 e. The fraction of sp³-hybridized carbons (Fsp3) is 0.133. The number of ether oxygens (including phenoxy) is 1. The quantitative estimate of drug-likeness (QED) is 0.608. The molecule has 0 unspecified atom stereocenters. The van der Waals surface area contributed by atoms with E-state index in [1.165, 1.54) is 13.2 Å². The van der Waals surface area contributed by atoms with Crippen LogP contribution in [0.25, 0.3) is 16.0 Å². The molecule has 0 saturated carbocycles. The number of allylic oxidation sites excluding steroid dienone is 1. The van der Waals surface area contributed by atoms with Crippen molar-refractivity contribution >= 4 is 34.5 Å². The molecule has 2 aromatic rings. The van der Waals surface area contributed by atoms with E-state index in [1.54, 1.807) is 11.3 Å². The largest absolute Gasteiger partial charge is 0.466 e. The Balaban J connectivity index is 2.32. The van der Waals surface area contributed by atoms with Crippen molar-refractivity contribution in [3.05, 3.63) is 52.4 Å². The molecule has 0 bridgehead atoms. The molecule has 2 nitrogen and oxygen atoms in total. The highest BCUT2D eigenvalue weighted by molar-refractivity contribution is 7.16. The first-order chi connectivity index (χ1) is 9.11. The van der Waals surface area contributed by atoms with Gasteiger partial charge in [-0.25, -0.2) is 4.79 Å². The zero-order valence-electron chi connectivity index (χ0n) is 10.6. The molecule has 4 heteroatoms. The maximum absolute atomic E-state index is 11.2. The van der Waals surface area contributed by atoms with E-state index in [-0.39, 0.29) is 5.97 Å². The molecule has 0 aliphatic carbocycles. The molecule has 1 heterocycles. The van der Waals surface area contributed by atoms with Crippen molar-refractivity contribution in [2.24, 2.45) is 0 Å². The van der Waals surface area contributed by atoms with Crippen LogP contribution in [-0.4, -0.2) is 13.1 Å². The summed E-state index contributed by atoms with van der Waals surface area (Å²) >= 11 is 7.77. The van der Waals surface area contributed by atoms with Gasteiger partial charge in [0, 0.05) is 26.4 Å². The molecule has 0 aliphatic rings. The Labute approximate surface area is 121 Å². The summed E-state index contributed by atoms with van der Waals surface area (Å²) in [6.45, 7) is 1.89. The van der Waals surface area contributed by atoms with E-state index < -0.39 is 0 Å². The molecule has 0 atom stereocenters. The third-order valence-corrected chi connectivity index (χ3v) is 4.25. The van der Waals surface area contributed by atoms with Gasteiger partial charge in [0.05, 0.1) is 7.11 Å². The van der Waals surface area contributed by atoms with Crippen molar-refractivity contribution in [3.63, 3.8) is 0 Å². The zero-order valence-corrected chi connectivity index (χ0v) is 12.2. The van der Waals surface area contributed by atoms with Crippen LogP contribution in [0.1, 0.15) is 11.8 Å². The summed E-state index contributed by atoms with van der Waals surface area (Å²) in [5, 5.41) is 0.727. The van der Waals surface area contributed by atoms with Gasteiger partial charge >= 0.3 is 5.97 Å². The lowest BCUT2D eigenvalue weighted by molar-refractivity contribution is -0.134. The summed E-state index contributed by atoms with van der Waals surface area (Å²) < 4.78 is 4.62. The second-order valence-electron chi connectivity index (χ2n) is 3.99. The first-order valence-electron chi connectivity index (χ1n) is 5.73. The van der Waals surface area contributed by atoms with Crippen molar-refractivity contribution in [1.29, 1.82) is 0 Å². The van der Waals surface area contributed by atoms with Gasteiger partial charge in [0.2, 0.25) is 0 Å². The number of carbonyl (C=O) groups excluding carboxylic acids is 1. The van der Waals surface area contributed by atoms with Gasteiger partial charge in [-0.05, 0) is 30.7 Å². The van der Waals surface area contributed by atoms with Crippen LogP contribution in [0, 0.1) is 0 Å². The molecule has 1 aromatic carbocycles. The topological polar surface area (TPSA) is 26.3 Å². The van der Waals surface area contributed by atoms with Gasteiger partial charge in [-0.15, -0.1) is 11.3 Å². The van der Waals surface area contributed by atoms with Crippen LogP contribution >= 0.6 is 22.9 Å². The number of carbonyl (C=O) groups is 1. The van der Waals surface area contributed by atoms with Crippen molar-refractivity contribution in [1.82, 2.24) is 0 Å². The van der Waals surface area contributed by atoms with Crippen LogP contribution in [0.3, 0.4) is 0 Å². The molecule has 98 valence electrons. The monoisotopic (exact) mass is 292 g/mol. The van der Waals surface area contributed by atoms with Gasteiger partial charge in [-0.2, -0.15) is 0 Å². The summed E-state index contributed by atoms with van der Waals surface area (Å²) in [5.74, 6) is -0.342. The molecular weight excluding hydrogens is 280 g/mol. The molecule has 1 aromatic heterocycles. The molecule has 0 spiro atoms. The van der Waals surface area contributed by atoms with Crippen LogP contribution in [0.5, 0.6) is 0 Å². The minimum atomic E-state index is -0.342. The third kappa shape index (κ3) is 3.25. The van der Waals surface area contributed by atoms with Gasteiger partial charge in [0.15, 0.2) is 0 Å². The summed E-state index contributed by atoms with van der Waals surface area (Å²) in [6.07, 6.45) is 1.49. The predicted molar refractivity (Wildman–Crippen MR) is 80.4 cm³/mol. The Hall–Kier alpha value is -1.58. The number of rotatable bonds is 3. The SMILES string of the molecule is COC(=O)/C=C(\C)c1ccc(-c2ccccc2Cl)s1. The highest BCUT2D eigenvalue weighted by atomic mass is 35.5. The Morgan fingerprint density at radius 3 is 2.68 bits per heavy atom. The van der Waals surface area contributed by atoms with E-state index in [4.69, 9.17) is 11.6 Å². The van der Waals surface area contributed by atoms with Crippen LogP contribution in [-0.2, 0) is 9.53 Å². The van der Waals surface area contributed by atoms with E-state index >= 15 is 0 Å². The second-order valence-corrected chi connectivity index (χ2v) is 5.49. The maximum Gasteiger partial charge on any atom is 0.330 e. The zero-order chi connectivity index (χ0) is 13.8. The average Bonchev–Trinajstić information content (AvgIpc) is 2.88. The normalized spacial score (nSPS) is 11.4. The molecule has 0 fully saturated rings. The van der Waals surface area contributed by atoms with Gasteiger partial charge in [-0.3, -0.25) is 0 Å². The third-order valence-electron chi connectivity index (χ3n) is 2.67. The van der Waals surface area contributed by atoms with Crippen molar-refractivity contribution in [3.8, 4) is 10.4 Å². The number of esters is 1. The van der Waals surface area contributed by atoms with E-state index in [0.717, 1.165) is 25.9 Å². The highest BCUT2D eigenvalue weighted by Crippen LogP contribution is 2.35. The molecule has 0 aliphatic heterocycles. The number of halogens is 1. The fourth-order valence-corrected chi connectivity index (χ4v) is 2.97. The first kappa shape index (κ1) is 13.8. The summed E-state index contributed by atoms with van der Waals surface area (Å²) in [6, 6.07) is 11.7. The number of methoxy groups -OCH3 is 1. The second kappa shape index (κ2) is 6.04. The van der Waals surface area contributed by atoms with Crippen LogP contribution in [0.2, 0.25) is 5.02 Å². The number of hydrogen-bond donors (Lipinski definition) is 0. The summed E-state index contributed by atoms with van der Waals surface area (Å²) in [4.78, 5) is 13.3. The summed E-state index contributed by atoms with van der Waals surface area (Å²) in [7, 11) is 1.37. The van der Waals surface area contributed by atoms with Crippen LogP contribution in [0.4, 0.5) is 0 Å². The predicted octanol–water partition coefficient (Wildman–Crippen LogP) is 4.64.